The predicted molar refractivity (Wildman–Crippen MR) is 157 cm³/mol. The number of hydrogen-bond donors (Lipinski definition) is 1. The zero-order chi connectivity index (χ0) is 29.9. The summed E-state index contributed by atoms with van der Waals surface area (Å²) in [6, 6.07) is 8.01. The Morgan fingerprint density at radius 1 is 1.07 bits per heavy atom. The Morgan fingerprint density at radius 3 is 2.41 bits per heavy atom. The third kappa shape index (κ3) is 7.05. The lowest BCUT2D eigenvalue weighted by atomic mass is 9.73. The maximum absolute atomic E-state index is 13.1. The average Bonchev–Trinajstić information content (AvgIpc) is 3.13. The lowest BCUT2D eigenvalue weighted by Gasteiger charge is -2.35. The highest BCUT2D eigenvalue weighted by Gasteiger charge is 2.36. The first-order chi connectivity index (χ1) is 19.4. The molecule has 3 amide bonds. The molecule has 0 bridgehead atoms. The number of fused-ring (bicyclic) bond motifs is 1. The molecule has 4 rings (SSSR count). The summed E-state index contributed by atoms with van der Waals surface area (Å²) in [7, 11) is 2.12. The third-order valence-corrected chi connectivity index (χ3v) is 7.26. The van der Waals surface area contributed by atoms with E-state index in [1.54, 1.807) is 11.8 Å². The van der Waals surface area contributed by atoms with Gasteiger partial charge in [-0.25, -0.2) is 9.78 Å². The summed E-state index contributed by atoms with van der Waals surface area (Å²) < 4.78 is 10.2. The van der Waals surface area contributed by atoms with E-state index in [1.165, 1.54) is 7.11 Å². The minimum atomic E-state index is -0.542. The highest BCUT2D eigenvalue weighted by Crippen LogP contribution is 2.27. The number of rotatable bonds is 8. The van der Waals surface area contributed by atoms with Crippen LogP contribution in [-0.4, -0.2) is 89.8 Å². The molecule has 0 unspecified atom stereocenters. The molecular weight excluding hydrogens is 525 g/mol. The molecule has 1 N–H and O–H groups in total. The van der Waals surface area contributed by atoms with Crippen molar-refractivity contribution >= 4 is 53.3 Å². The molecule has 0 spiro atoms. The highest BCUT2D eigenvalue weighted by molar-refractivity contribution is 6.52. The van der Waals surface area contributed by atoms with Crippen LogP contribution in [0.3, 0.4) is 0 Å². The summed E-state index contributed by atoms with van der Waals surface area (Å²) >= 11 is 0. The largest absolute Gasteiger partial charge is 0.469 e. The van der Waals surface area contributed by atoms with E-state index < -0.39 is 23.4 Å². The van der Waals surface area contributed by atoms with Crippen LogP contribution in [0.15, 0.2) is 35.4 Å². The number of amides is 3. The number of nitrogens with one attached hydrogen (secondary N) is 1. The average molecular weight is 563 g/mol. The number of hydrogen-bond acceptors (Lipinski definition) is 9. The molecule has 218 valence electrons. The van der Waals surface area contributed by atoms with Gasteiger partial charge in [0.2, 0.25) is 0 Å². The van der Waals surface area contributed by atoms with E-state index in [-0.39, 0.29) is 24.5 Å². The van der Waals surface area contributed by atoms with E-state index in [4.69, 9.17) is 9.72 Å². The van der Waals surface area contributed by atoms with Gasteiger partial charge < -0.3 is 14.4 Å². The number of carbonyl (C=O) groups is 4. The van der Waals surface area contributed by atoms with Gasteiger partial charge >= 0.3 is 12.1 Å². The molecule has 1 aromatic heterocycles. The summed E-state index contributed by atoms with van der Waals surface area (Å²) in [5.74, 6) is -1.05. The summed E-state index contributed by atoms with van der Waals surface area (Å²) in [4.78, 5) is 58.9. The Labute approximate surface area is 241 Å². The smallest absolute Gasteiger partial charge is 0.410 e. The van der Waals surface area contributed by atoms with E-state index in [0.29, 0.717) is 44.1 Å². The molecule has 3 heterocycles. The zero-order valence-electron chi connectivity index (χ0n) is 24.7. The maximum Gasteiger partial charge on any atom is 0.410 e. The summed E-state index contributed by atoms with van der Waals surface area (Å²) in [5, 5.41) is 1.94. The van der Waals surface area contributed by atoms with Gasteiger partial charge in [-0.15, -0.1) is 0 Å². The van der Waals surface area contributed by atoms with Crippen LogP contribution in [0.2, 0.25) is 6.82 Å². The van der Waals surface area contributed by atoms with Crippen molar-refractivity contribution in [3.05, 3.63) is 41.0 Å². The predicted octanol–water partition coefficient (Wildman–Crippen LogP) is 2.36. The lowest BCUT2D eigenvalue weighted by Crippen LogP contribution is -2.49. The minimum absolute atomic E-state index is 0.00932. The number of imide groups is 1. The fourth-order valence-corrected chi connectivity index (χ4v) is 4.93. The normalized spacial score (nSPS) is 16.4. The van der Waals surface area contributed by atoms with Crippen LogP contribution in [0.4, 0.5) is 10.6 Å². The van der Waals surface area contributed by atoms with Gasteiger partial charge in [0.1, 0.15) is 11.4 Å². The first kappa shape index (κ1) is 30.0. The highest BCUT2D eigenvalue weighted by atomic mass is 16.6. The summed E-state index contributed by atoms with van der Waals surface area (Å²) in [6.07, 6.45) is -0.178. The van der Waals surface area contributed by atoms with Crippen molar-refractivity contribution in [3.63, 3.8) is 0 Å². The van der Waals surface area contributed by atoms with Crippen LogP contribution >= 0.6 is 0 Å². The van der Waals surface area contributed by atoms with Crippen LogP contribution in [0.1, 0.15) is 46.1 Å². The second-order valence-corrected chi connectivity index (χ2v) is 11.4. The Bertz CT molecular complexity index is 1390. The van der Waals surface area contributed by atoms with Gasteiger partial charge in [0.25, 0.3) is 11.8 Å². The molecule has 0 aliphatic carbocycles. The number of methoxy groups -OCH3 is 1. The molecule has 1 saturated heterocycles. The van der Waals surface area contributed by atoms with Crippen molar-refractivity contribution in [2.45, 2.75) is 59.5 Å². The number of ether oxygens (including phenoxy) is 2. The van der Waals surface area contributed by atoms with Crippen molar-refractivity contribution in [2.75, 3.05) is 38.7 Å². The van der Waals surface area contributed by atoms with E-state index in [0.717, 1.165) is 34.2 Å². The van der Waals surface area contributed by atoms with Gasteiger partial charge in [-0.05, 0) is 51.8 Å². The van der Waals surface area contributed by atoms with Gasteiger partial charge in [-0.1, -0.05) is 24.4 Å². The number of carbonyl (C=O) groups excluding carboxylic acids is 4. The zero-order valence-corrected chi connectivity index (χ0v) is 24.7. The van der Waals surface area contributed by atoms with Crippen LogP contribution < -0.4 is 10.9 Å². The van der Waals surface area contributed by atoms with Crippen LogP contribution in [0, 0.1) is 0 Å². The number of piperazine rings is 1. The van der Waals surface area contributed by atoms with Crippen LogP contribution in [0.25, 0.3) is 10.9 Å². The van der Waals surface area contributed by atoms with E-state index in [9.17, 15) is 19.2 Å². The Hall–Kier alpha value is -3.93. The van der Waals surface area contributed by atoms with Crippen molar-refractivity contribution in [3.8, 4) is 0 Å². The molecule has 2 aromatic rings. The molecular formula is C29H38BN5O6. The van der Waals surface area contributed by atoms with Gasteiger partial charge in [-0.2, -0.15) is 5.01 Å². The molecule has 2 aliphatic heterocycles. The fourth-order valence-electron chi connectivity index (χ4n) is 4.93. The SMILES string of the molecule is CBc1ccc2c(CN3CCN(C(=O)OC(C)(C)C)CC3)cc(NN3C(=O)C(C)=C(CCC(=O)OC)C3=O)nc2c1. The van der Waals surface area contributed by atoms with Crippen molar-refractivity contribution < 1.29 is 28.7 Å². The molecule has 0 atom stereocenters. The quantitative estimate of drug-likeness (QED) is 0.293. The third-order valence-electron chi connectivity index (χ3n) is 7.26. The van der Waals surface area contributed by atoms with Crippen LogP contribution in [0.5, 0.6) is 0 Å². The van der Waals surface area contributed by atoms with Crippen molar-refractivity contribution in [2.24, 2.45) is 0 Å². The van der Waals surface area contributed by atoms with E-state index >= 15 is 0 Å². The molecule has 41 heavy (non-hydrogen) atoms. The lowest BCUT2D eigenvalue weighted by molar-refractivity contribution is -0.140. The summed E-state index contributed by atoms with van der Waals surface area (Å²) in [5.41, 5.74) is 5.83. The molecule has 1 aromatic carbocycles. The fraction of sp³-hybridized carbons (Fsp3) is 0.483. The number of anilines is 1. The van der Waals surface area contributed by atoms with Gasteiger partial charge in [0.05, 0.1) is 12.6 Å². The first-order valence-corrected chi connectivity index (χ1v) is 13.9. The topological polar surface area (TPSA) is 121 Å². The number of aromatic nitrogens is 1. The molecule has 11 nitrogen and oxygen atoms in total. The second kappa shape index (κ2) is 12.3. The van der Waals surface area contributed by atoms with Gasteiger partial charge in [0, 0.05) is 55.7 Å². The number of hydrazine groups is 1. The summed E-state index contributed by atoms with van der Waals surface area (Å²) in [6.45, 7) is 12.3. The number of esters is 1. The van der Waals surface area contributed by atoms with Gasteiger partial charge in [0.15, 0.2) is 7.28 Å². The molecule has 12 heteroatoms. The van der Waals surface area contributed by atoms with E-state index in [2.05, 4.69) is 34.0 Å². The van der Waals surface area contributed by atoms with Gasteiger partial charge in [-0.3, -0.25) is 24.7 Å². The van der Waals surface area contributed by atoms with Crippen molar-refractivity contribution in [1.82, 2.24) is 19.8 Å². The number of pyridine rings is 1. The van der Waals surface area contributed by atoms with Crippen LogP contribution in [-0.2, 0) is 30.4 Å². The monoisotopic (exact) mass is 563 g/mol. The molecule has 0 radical (unpaired) electrons. The Balaban J connectivity index is 1.53. The number of nitrogens with zero attached hydrogens (tertiary/aromatic N) is 4. The second-order valence-electron chi connectivity index (χ2n) is 11.4. The molecule has 1 fully saturated rings. The van der Waals surface area contributed by atoms with E-state index in [1.807, 2.05) is 32.9 Å². The number of benzene rings is 1. The molecule has 2 aliphatic rings. The standard InChI is InChI=1S/C29H38BN5O6/c1-18-21(9-10-25(36)40-6)27(38)35(26(18)37)32-24-15-19(22-8-7-20(30-5)16-23(22)31-24)17-33-11-13-34(14-12-33)28(39)41-29(2,3)4/h7-8,15-16,30H,9-14,17H2,1-6H3,(H,31,32). The Morgan fingerprint density at radius 2 is 1.78 bits per heavy atom. The Kier molecular flexibility index (Phi) is 9.01. The van der Waals surface area contributed by atoms with Crippen molar-refractivity contribution in [1.29, 1.82) is 0 Å². The molecule has 0 saturated carbocycles. The minimum Gasteiger partial charge on any atom is -0.469 e. The maximum atomic E-state index is 13.1. The first-order valence-electron chi connectivity index (χ1n) is 13.9.